The maximum Gasteiger partial charge on any atom is 0.258 e. The molecule has 59 heavy (non-hydrogen) atoms. The number of aryl methyl sites for hydroxylation is 1. The van der Waals surface area contributed by atoms with Crippen LogP contribution in [0.2, 0.25) is 0 Å². The Labute approximate surface area is 348 Å². The fraction of sp³-hybridized carbons (Fsp3) is 0.354. The molecule has 310 valence electrons. The first-order chi connectivity index (χ1) is 28.5. The zero-order valence-electron chi connectivity index (χ0n) is 35.4. The molecular formula is C48H56N4O7. The Bertz CT molecular complexity index is 2210. The number of nitrogens with one attached hydrogen (secondary N) is 2. The van der Waals surface area contributed by atoms with Gasteiger partial charge in [0.05, 0.1) is 51.8 Å². The molecule has 0 radical (unpaired) electrons. The van der Waals surface area contributed by atoms with Crippen molar-refractivity contribution in [2.24, 2.45) is 4.99 Å². The monoisotopic (exact) mass is 800 g/mol. The van der Waals surface area contributed by atoms with E-state index in [-0.39, 0.29) is 23.9 Å². The fourth-order valence-electron chi connectivity index (χ4n) is 7.39. The van der Waals surface area contributed by atoms with Gasteiger partial charge in [-0.1, -0.05) is 37.3 Å². The van der Waals surface area contributed by atoms with E-state index in [0.717, 1.165) is 52.1 Å². The number of rotatable bonds is 17. The third-order valence-corrected chi connectivity index (χ3v) is 10.6. The van der Waals surface area contributed by atoms with Gasteiger partial charge in [-0.3, -0.25) is 14.6 Å². The van der Waals surface area contributed by atoms with Gasteiger partial charge < -0.3 is 39.2 Å². The van der Waals surface area contributed by atoms with Crippen LogP contribution in [0.5, 0.6) is 28.7 Å². The minimum Gasteiger partial charge on any atom is -0.497 e. The average Bonchev–Trinajstić information content (AvgIpc) is 3.62. The smallest absolute Gasteiger partial charge is 0.258 e. The SMILES string of the molecule is C/C=C(\CC1C=Nc2cc(OCCCOc3cc(C)c(C(=O)N4C=C(c5ccc(NC(C)C)cc5)C[C@@H]4CC)cc3OC)c(OC)cc2C(=O)N1)c1ccc(OC)cc1. The van der Waals surface area contributed by atoms with Gasteiger partial charge in [0, 0.05) is 48.2 Å². The third kappa shape index (κ3) is 10.1. The lowest BCUT2D eigenvalue weighted by Crippen LogP contribution is -2.35. The van der Waals surface area contributed by atoms with Gasteiger partial charge in [-0.15, -0.1) is 0 Å². The zero-order valence-corrected chi connectivity index (χ0v) is 35.4. The zero-order chi connectivity index (χ0) is 42.1. The van der Waals surface area contributed by atoms with Crippen LogP contribution in [0.3, 0.4) is 0 Å². The summed E-state index contributed by atoms with van der Waals surface area (Å²) in [5.41, 5.74) is 7.73. The standard InChI is InChI=1S/C48H56N4O7/c1-9-32(33-14-18-39(55-6)19-15-33)23-37-28-49-42-27-46(44(57-8)26-41(42)47(53)51-37)59-21-11-20-58-45-22-31(5)40(25-43(45)56-7)48(54)52-29-35(24-38(52)10-2)34-12-16-36(17-13-34)50-30(3)4/h9,12-19,22,25-30,37-38,50H,10-11,20-21,23-24H2,1-8H3,(H,51,53)/b32-9+/t37?,38-/m0/s1. The quantitative estimate of drug-likeness (QED) is 0.101. The van der Waals surface area contributed by atoms with Crippen molar-refractivity contribution in [3.63, 3.8) is 0 Å². The molecule has 4 aromatic carbocycles. The fourth-order valence-corrected chi connectivity index (χ4v) is 7.39. The molecule has 4 aromatic rings. The predicted octanol–water partition coefficient (Wildman–Crippen LogP) is 9.66. The molecule has 0 aliphatic carbocycles. The second-order valence-electron chi connectivity index (χ2n) is 15.0. The van der Waals surface area contributed by atoms with Crippen LogP contribution in [0.1, 0.15) is 90.8 Å². The average molecular weight is 801 g/mol. The van der Waals surface area contributed by atoms with Crippen molar-refractivity contribution in [1.82, 2.24) is 10.2 Å². The van der Waals surface area contributed by atoms with E-state index in [1.54, 1.807) is 45.7 Å². The maximum absolute atomic E-state index is 14.0. The van der Waals surface area contributed by atoms with E-state index in [1.165, 1.54) is 0 Å². The van der Waals surface area contributed by atoms with Crippen LogP contribution in [-0.2, 0) is 0 Å². The van der Waals surface area contributed by atoms with E-state index < -0.39 is 0 Å². The number of amides is 2. The third-order valence-electron chi connectivity index (χ3n) is 10.6. The molecule has 0 spiro atoms. The van der Waals surface area contributed by atoms with E-state index in [2.05, 4.69) is 55.7 Å². The highest BCUT2D eigenvalue weighted by molar-refractivity contribution is 6.03. The van der Waals surface area contributed by atoms with Gasteiger partial charge in [0.15, 0.2) is 23.0 Å². The molecule has 2 heterocycles. The molecule has 6 rings (SSSR count). The molecule has 2 aliphatic rings. The number of allylic oxidation sites excluding steroid dienone is 1. The van der Waals surface area contributed by atoms with Crippen LogP contribution in [0.4, 0.5) is 11.4 Å². The summed E-state index contributed by atoms with van der Waals surface area (Å²) >= 11 is 0. The van der Waals surface area contributed by atoms with Crippen molar-refractivity contribution in [2.75, 3.05) is 39.9 Å². The molecule has 0 bridgehead atoms. The Morgan fingerprint density at radius 2 is 1.59 bits per heavy atom. The van der Waals surface area contributed by atoms with Crippen LogP contribution in [-0.4, -0.2) is 75.6 Å². The second kappa shape index (κ2) is 19.5. The Hall–Kier alpha value is -6.23. The second-order valence-corrected chi connectivity index (χ2v) is 15.0. The molecule has 2 atom stereocenters. The Kier molecular flexibility index (Phi) is 14.0. The summed E-state index contributed by atoms with van der Waals surface area (Å²) in [5, 5.41) is 6.52. The number of fused-ring (bicyclic) bond motifs is 1. The lowest BCUT2D eigenvalue weighted by Gasteiger charge is -2.24. The number of benzene rings is 4. The van der Waals surface area contributed by atoms with Gasteiger partial charge in [0.2, 0.25) is 0 Å². The lowest BCUT2D eigenvalue weighted by atomic mass is 9.98. The van der Waals surface area contributed by atoms with Crippen molar-refractivity contribution < 1.29 is 33.3 Å². The number of ether oxygens (including phenoxy) is 5. The maximum atomic E-state index is 14.0. The van der Waals surface area contributed by atoms with Crippen LogP contribution in [0.25, 0.3) is 11.1 Å². The normalized spacial score (nSPS) is 16.2. The molecule has 0 fully saturated rings. The van der Waals surface area contributed by atoms with Crippen LogP contribution in [0, 0.1) is 6.92 Å². The van der Waals surface area contributed by atoms with E-state index >= 15 is 0 Å². The van der Waals surface area contributed by atoms with E-state index in [1.807, 2.05) is 61.4 Å². The van der Waals surface area contributed by atoms with Crippen molar-refractivity contribution in [3.8, 4) is 28.7 Å². The van der Waals surface area contributed by atoms with Crippen molar-refractivity contribution >= 4 is 40.5 Å². The summed E-state index contributed by atoms with van der Waals surface area (Å²) in [7, 11) is 4.76. The predicted molar refractivity (Wildman–Crippen MR) is 235 cm³/mol. The molecule has 2 N–H and O–H groups in total. The summed E-state index contributed by atoms with van der Waals surface area (Å²) in [5.74, 6) is 2.41. The minimum atomic E-state index is -0.317. The molecule has 2 aliphatic heterocycles. The van der Waals surface area contributed by atoms with E-state index in [0.29, 0.717) is 71.9 Å². The van der Waals surface area contributed by atoms with E-state index in [9.17, 15) is 9.59 Å². The first-order valence-corrected chi connectivity index (χ1v) is 20.3. The van der Waals surface area contributed by atoms with Gasteiger partial charge in [0.25, 0.3) is 11.8 Å². The highest BCUT2D eigenvalue weighted by Gasteiger charge is 2.31. The van der Waals surface area contributed by atoms with Crippen LogP contribution in [0.15, 0.2) is 90.1 Å². The van der Waals surface area contributed by atoms with Gasteiger partial charge in [0.1, 0.15) is 5.75 Å². The van der Waals surface area contributed by atoms with Crippen molar-refractivity contribution in [3.05, 3.63) is 113 Å². The van der Waals surface area contributed by atoms with Crippen LogP contribution < -0.4 is 34.3 Å². The molecule has 0 saturated heterocycles. The molecule has 0 aromatic heterocycles. The van der Waals surface area contributed by atoms with Gasteiger partial charge in [-0.05, 0) is 117 Å². The number of hydrogen-bond acceptors (Lipinski definition) is 9. The van der Waals surface area contributed by atoms with Crippen molar-refractivity contribution in [2.45, 2.75) is 78.4 Å². The highest BCUT2D eigenvalue weighted by Crippen LogP contribution is 2.38. The van der Waals surface area contributed by atoms with Gasteiger partial charge >= 0.3 is 0 Å². The summed E-state index contributed by atoms with van der Waals surface area (Å²) < 4.78 is 28.9. The Morgan fingerprint density at radius 3 is 2.22 bits per heavy atom. The Morgan fingerprint density at radius 1 is 0.915 bits per heavy atom. The Balaban J connectivity index is 1.07. The summed E-state index contributed by atoms with van der Waals surface area (Å²) in [6.07, 6.45) is 8.55. The van der Waals surface area contributed by atoms with Gasteiger partial charge in [-0.25, -0.2) is 0 Å². The molecular weight excluding hydrogens is 745 g/mol. The molecule has 11 nitrogen and oxygen atoms in total. The van der Waals surface area contributed by atoms with E-state index in [4.69, 9.17) is 28.7 Å². The molecule has 1 unspecified atom stereocenters. The number of anilines is 1. The molecule has 11 heteroatoms. The molecule has 0 saturated carbocycles. The van der Waals surface area contributed by atoms with Crippen LogP contribution >= 0.6 is 0 Å². The summed E-state index contributed by atoms with van der Waals surface area (Å²) in [6, 6.07) is 23.4. The topological polar surface area (TPSA) is 120 Å². The van der Waals surface area contributed by atoms with Gasteiger partial charge in [-0.2, -0.15) is 0 Å². The van der Waals surface area contributed by atoms with Crippen molar-refractivity contribution in [1.29, 1.82) is 0 Å². The molecule has 2 amide bonds. The number of aliphatic imine (C=N–C) groups is 1. The highest BCUT2D eigenvalue weighted by atomic mass is 16.5. The number of nitrogens with zero attached hydrogens (tertiary/aromatic N) is 2. The first kappa shape index (κ1) is 42.4. The lowest BCUT2D eigenvalue weighted by molar-refractivity contribution is 0.0780. The number of carbonyl (C=O) groups is 2. The minimum absolute atomic E-state index is 0.0634. The first-order valence-electron chi connectivity index (χ1n) is 20.3. The number of hydrogen-bond donors (Lipinski definition) is 2. The summed E-state index contributed by atoms with van der Waals surface area (Å²) in [4.78, 5) is 34.0. The summed E-state index contributed by atoms with van der Waals surface area (Å²) in [6.45, 7) is 10.9. The number of methoxy groups -OCH3 is 3. The largest absolute Gasteiger partial charge is 0.497 e. The number of carbonyl (C=O) groups excluding carboxylic acids is 2.